The van der Waals surface area contributed by atoms with Crippen LogP contribution in [0, 0.1) is 11.7 Å². The Kier molecular flexibility index (Phi) is 4.24. The number of piperidine rings is 1. The topological polar surface area (TPSA) is 40.5 Å². The standard InChI is InChI=1S/C17H22FNO2/c18-13-9-7-12(8-10-13)17(21)19-11-2-1-5-15(19)14-4-3-6-16(14)20/h7-10,14-16,20H,1-6,11H2. The van der Waals surface area contributed by atoms with Crippen LogP contribution >= 0.6 is 0 Å². The lowest BCUT2D eigenvalue weighted by atomic mass is 9.87. The summed E-state index contributed by atoms with van der Waals surface area (Å²) >= 11 is 0. The minimum atomic E-state index is -0.326. The summed E-state index contributed by atoms with van der Waals surface area (Å²) in [5.41, 5.74) is 0.538. The van der Waals surface area contributed by atoms with Gasteiger partial charge >= 0.3 is 0 Å². The summed E-state index contributed by atoms with van der Waals surface area (Å²) < 4.78 is 13.0. The van der Waals surface area contributed by atoms with Crippen molar-refractivity contribution in [1.82, 2.24) is 4.90 Å². The van der Waals surface area contributed by atoms with Crippen LogP contribution in [0.25, 0.3) is 0 Å². The van der Waals surface area contributed by atoms with Crippen molar-refractivity contribution in [2.24, 2.45) is 5.92 Å². The van der Waals surface area contributed by atoms with Crippen LogP contribution in [0.3, 0.4) is 0 Å². The second-order valence-electron chi connectivity index (χ2n) is 6.23. The Morgan fingerprint density at radius 1 is 1.10 bits per heavy atom. The minimum Gasteiger partial charge on any atom is -0.393 e. The van der Waals surface area contributed by atoms with E-state index in [2.05, 4.69) is 0 Å². The molecule has 1 aliphatic carbocycles. The number of aliphatic hydroxyl groups excluding tert-OH is 1. The summed E-state index contributed by atoms with van der Waals surface area (Å²) in [6.07, 6.45) is 5.69. The number of carbonyl (C=O) groups is 1. The SMILES string of the molecule is O=C(c1ccc(F)cc1)N1CCCCC1C1CCCC1O. The highest BCUT2D eigenvalue weighted by molar-refractivity contribution is 5.94. The Bertz CT molecular complexity index is 502. The van der Waals surface area contributed by atoms with Crippen LogP contribution in [0.5, 0.6) is 0 Å². The van der Waals surface area contributed by atoms with E-state index in [4.69, 9.17) is 0 Å². The summed E-state index contributed by atoms with van der Waals surface area (Å²) in [7, 11) is 0. The molecule has 1 saturated heterocycles. The maximum absolute atomic E-state index is 13.0. The number of likely N-dealkylation sites (tertiary alicyclic amines) is 1. The molecule has 4 heteroatoms. The Morgan fingerprint density at radius 2 is 1.86 bits per heavy atom. The molecule has 0 aromatic heterocycles. The van der Waals surface area contributed by atoms with Crippen LogP contribution in [-0.2, 0) is 0 Å². The zero-order chi connectivity index (χ0) is 14.8. The van der Waals surface area contributed by atoms with Gasteiger partial charge in [0.15, 0.2) is 0 Å². The molecule has 1 aromatic carbocycles. The van der Waals surface area contributed by atoms with Crippen molar-refractivity contribution >= 4 is 5.91 Å². The Balaban J connectivity index is 1.80. The number of rotatable bonds is 2. The van der Waals surface area contributed by atoms with E-state index in [-0.39, 0.29) is 29.8 Å². The molecule has 3 nitrogen and oxygen atoms in total. The molecular formula is C17H22FNO2. The maximum Gasteiger partial charge on any atom is 0.254 e. The fourth-order valence-electron chi connectivity index (χ4n) is 3.83. The molecule has 0 bridgehead atoms. The third-order valence-corrected chi connectivity index (χ3v) is 4.93. The van der Waals surface area contributed by atoms with Crippen LogP contribution in [0.2, 0.25) is 0 Å². The summed E-state index contributed by atoms with van der Waals surface area (Å²) in [6.45, 7) is 0.740. The Morgan fingerprint density at radius 3 is 2.52 bits per heavy atom. The van der Waals surface area contributed by atoms with Gasteiger partial charge in [-0.05, 0) is 56.4 Å². The van der Waals surface area contributed by atoms with Crippen molar-refractivity contribution in [3.63, 3.8) is 0 Å². The fourth-order valence-corrected chi connectivity index (χ4v) is 3.83. The van der Waals surface area contributed by atoms with Gasteiger partial charge in [-0.1, -0.05) is 6.42 Å². The third-order valence-electron chi connectivity index (χ3n) is 4.93. The molecule has 3 atom stereocenters. The molecule has 3 rings (SSSR count). The highest BCUT2D eigenvalue weighted by atomic mass is 19.1. The number of benzene rings is 1. The predicted molar refractivity (Wildman–Crippen MR) is 78.4 cm³/mol. The average molecular weight is 291 g/mol. The molecule has 1 aromatic rings. The Labute approximate surface area is 124 Å². The molecule has 0 spiro atoms. The average Bonchev–Trinajstić information content (AvgIpc) is 2.93. The molecule has 114 valence electrons. The van der Waals surface area contributed by atoms with Crippen LogP contribution in [-0.4, -0.2) is 34.6 Å². The van der Waals surface area contributed by atoms with Gasteiger partial charge < -0.3 is 10.0 Å². The summed E-state index contributed by atoms with van der Waals surface area (Å²) in [4.78, 5) is 14.6. The van der Waals surface area contributed by atoms with Crippen molar-refractivity contribution in [3.8, 4) is 0 Å². The summed E-state index contributed by atoms with van der Waals surface area (Å²) in [5, 5.41) is 10.2. The molecule has 1 heterocycles. The molecule has 2 fully saturated rings. The molecule has 1 amide bonds. The number of aliphatic hydroxyl groups is 1. The zero-order valence-corrected chi connectivity index (χ0v) is 12.2. The van der Waals surface area contributed by atoms with E-state index >= 15 is 0 Å². The highest BCUT2D eigenvalue weighted by Gasteiger charge is 2.38. The van der Waals surface area contributed by atoms with E-state index in [1.165, 1.54) is 12.1 Å². The van der Waals surface area contributed by atoms with Gasteiger partial charge in [-0.2, -0.15) is 0 Å². The van der Waals surface area contributed by atoms with Crippen molar-refractivity contribution in [1.29, 1.82) is 0 Å². The van der Waals surface area contributed by atoms with Crippen LogP contribution in [0.4, 0.5) is 4.39 Å². The number of nitrogens with zero attached hydrogens (tertiary/aromatic N) is 1. The van der Waals surface area contributed by atoms with E-state index in [0.717, 1.165) is 45.1 Å². The van der Waals surface area contributed by atoms with Crippen molar-refractivity contribution in [3.05, 3.63) is 35.6 Å². The van der Waals surface area contributed by atoms with Crippen LogP contribution in [0.15, 0.2) is 24.3 Å². The van der Waals surface area contributed by atoms with Gasteiger partial charge in [0.1, 0.15) is 5.82 Å². The van der Waals surface area contributed by atoms with Gasteiger partial charge in [-0.3, -0.25) is 4.79 Å². The van der Waals surface area contributed by atoms with E-state index in [9.17, 15) is 14.3 Å². The van der Waals surface area contributed by atoms with E-state index in [0.29, 0.717) is 5.56 Å². The molecule has 1 N–H and O–H groups in total. The second-order valence-corrected chi connectivity index (χ2v) is 6.23. The summed E-state index contributed by atoms with van der Waals surface area (Å²) in [6, 6.07) is 5.89. The Hall–Kier alpha value is -1.42. The molecule has 2 aliphatic rings. The van der Waals surface area contributed by atoms with Gasteiger partial charge in [0.05, 0.1) is 6.10 Å². The van der Waals surface area contributed by atoms with Gasteiger partial charge in [-0.25, -0.2) is 4.39 Å². The monoisotopic (exact) mass is 291 g/mol. The van der Waals surface area contributed by atoms with E-state index in [1.807, 2.05) is 4.90 Å². The quantitative estimate of drug-likeness (QED) is 0.910. The first-order valence-corrected chi connectivity index (χ1v) is 7.91. The van der Waals surface area contributed by atoms with Crippen LogP contribution < -0.4 is 0 Å². The maximum atomic E-state index is 13.0. The number of amides is 1. The van der Waals surface area contributed by atoms with Gasteiger partial charge in [-0.15, -0.1) is 0 Å². The lowest BCUT2D eigenvalue weighted by Gasteiger charge is -2.40. The van der Waals surface area contributed by atoms with Gasteiger partial charge in [0, 0.05) is 24.1 Å². The van der Waals surface area contributed by atoms with E-state index < -0.39 is 0 Å². The minimum absolute atomic E-state index is 0.0289. The molecule has 1 saturated carbocycles. The first-order chi connectivity index (χ1) is 10.2. The number of halogens is 1. The second kappa shape index (κ2) is 6.14. The summed E-state index contributed by atoms with van der Waals surface area (Å²) in [5.74, 6) is -0.151. The zero-order valence-electron chi connectivity index (χ0n) is 12.2. The number of carbonyl (C=O) groups excluding carboxylic acids is 1. The number of hydrogen-bond acceptors (Lipinski definition) is 2. The highest BCUT2D eigenvalue weighted by Crippen LogP contribution is 2.35. The smallest absolute Gasteiger partial charge is 0.254 e. The first-order valence-electron chi connectivity index (χ1n) is 7.91. The first kappa shape index (κ1) is 14.5. The van der Waals surface area contributed by atoms with Crippen molar-refractivity contribution < 1.29 is 14.3 Å². The lowest BCUT2D eigenvalue weighted by Crippen LogP contribution is -2.49. The van der Waals surface area contributed by atoms with Crippen LogP contribution in [0.1, 0.15) is 48.9 Å². The third kappa shape index (κ3) is 2.95. The van der Waals surface area contributed by atoms with Crippen molar-refractivity contribution in [2.75, 3.05) is 6.54 Å². The molecule has 0 radical (unpaired) electrons. The molecule has 21 heavy (non-hydrogen) atoms. The van der Waals surface area contributed by atoms with Gasteiger partial charge in [0.2, 0.25) is 0 Å². The van der Waals surface area contributed by atoms with E-state index in [1.54, 1.807) is 12.1 Å². The molecule has 1 aliphatic heterocycles. The molecular weight excluding hydrogens is 269 g/mol. The van der Waals surface area contributed by atoms with Gasteiger partial charge in [0.25, 0.3) is 5.91 Å². The predicted octanol–water partition coefficient (Wildman–Crippen LogP) is 2.98. The fraction of sp³-hybridized carbons (Fsp3) is 0.588. The number of hydrogen-bond donors (Lipinski definition) is 1. The molecule has 3 unspecified atom stereocenters. The normalized spacial score (nSPS) is 29.6. The largest absolute Gasteiger partial charge is 0.393 e. The van der Waals surface area contributed by atoms with Crippen molar-refractivity contribution in [2.45, 2.75) is 50.7 Å². The lowest BCUT2D eigenvalue weighted by molar-refractivity contribution is 0.0288.